The lowest BCUT2D eigenvalue weighted by Gasteiger charge is -2.36. The molecule has 1 atom stereocenters. The molecule has 2 saturated heterocycles. The van der Waals surface area contributed by atoms with E-state index in [0.717, 1.165) is 44.1 Å². The normalized spacial score (nSPS) is 15.7. The number of ether oxygens (including phenoxy) is 4. The van der Waals surface area contributed by atoms with Gasteiger partial charge in [-0.25, -0.2) is 4.98 Å². The SMILES string of the molecule is CNC(=O)c1ccccc1Nc1nc(Nc2ccc(N3CCN(CCOCCOCCOCCOCC(=O)Nc4cccc5c4CN(C4CCC(=O)NC4=O)C5=O)CC3)cc2)ncc1Cl.O=CO. The van der Waals surface area contributed by atoms with Gasteiger partial charge in [0.1, 0.15) is 17.7 Å². The molecule has 4 heterocycles. The number of carbonyl (C=O) groups excluding carboxylic acids is 5. The molecule has 2 fully saturated rings. The molecule has 0 saturated carbocycles. The number of benzene rings is 3. The molecule has 3 aromatic carbocycles. The number of nitrogens with zero attached hydrogens (tertiary/aromatic N) is 5. The van der Waals surface area contributed by atoms with E-state index in [1.807, 2.05) is 18.2 Å². The first-order chi connectivity index (χ1) is 33.1. The largest absolute Gasteiger partial charge is 0.483 e. The van der Waals surface area contributed by atoms with Crippen LogP contribution in [0.2, 0.25) is 5.02 Å². The van der Waals surface area contributed by atoms with Crippen LogP contribution in [-0.4, -0.2) is 160 Å². The molecule has 0 bridgehead atoms. The van der Waals surface area contributed by atoms with Crippen LogP contribution in [0.3, 0.4) is 0 Å². The highest BCUT2D eigenvalue weighted by molar-refractivity contribution is 6.33. The number of imide groups is 1. The summed E-state index contributed by atoms with van der Waals surface area (Å²) in [6.45, 7) is 7.02. The molecule has 21 nitrogen and oxygen atoms in total. The average Bonchev–Trinajstić information content (AvgIpc) is 3.68. The minimum atomic E-state index is -0.735. The van der Waals surface area contributed by atoms with Crippen LogP contribution in [0.25, 0.3) is 0 Å². The van der Waals surface area contributed by atoms with E-state index >= 15 is 0 Å². The van der Waals surface area contributed by atoms with Crippen LogP contribution in [0.1, 0.15) is 39.1 Å². The second kappa shape index (κ2) is 26.0. The molecule has 5 amide bonds. The van der Waals surface area contributed by atoms with E-state index in [0.29, 0.717) is 77.9 Å². The summed E-state index contributed by atoms with van der Waals surface area (Å²) in [5, 5.41) is 21.3. The molecule has 4 aromatic rings. The standard InChI is InChI=1S/C45H53ClN10O9.CH2O2/c1-47-42(59)33-5-2-3-7-36(33)51-41-35(46)27-48-45(53-41)49-30-9-11-31(12-10-30)55-17-15-54(16-18-55)19-20-62-21-22-63-23-24-64-25-26-65-29-40(58)50-37-8-4-6-32-34(37)28-56(44(32)61)38-13-14-39(57)52-43(38)60;2-1-3/h2-12,27,38H,13-26,28-29H2,1H3,(H,47,59)(H,50,58)(H,52,57,60)(H2,48,49,51,53);1H,(H,2,3). The maximum Gasteiger partial charge on any atom is 0.290 e. The number of carbonyl (C=O) groups is 6. The highest BCUT2D eigenvalue weighted by Gasteiger charge is 2.40. The molecule has 3 aliphatic rings. The molecule has 362 valence electrons. The number of para-hydroxylation sites is 1. The smallest absolute Gasteiger partial charge is 0.290 e. The number of halogens is 1. The van der Waals surface area contributed by atoms with Crippen LogP contribution in [0.5, 0.6) is 0 Å². The third-order valence-corrected chi connectivity index (χ3v) is 11.3. The average molecular weight is 959 g/mol. The van der Waals surface area contributed by atoms with Gasteiger partial charge in [0.25, 0.3) is 18.3 Å². The summed E-state index contributed by atoms with van der Waals surface area (Å²) in [7, 11) is 1.58. The number of nitrogens with one attached hydrogen (secondary N) is 5. The molecule has 22 heteroatoms. The summed E-state index contributed by atoms with van der Waals surface area (Å²) < 4.78 is 22.4. The second-order valence-electron chi connectivity index (χ2n) is 15.4. The van der Waals surface area contributed by atoms with Crippen LogP contribution >= 0.6 is 11.6 Å². The molecular formula is C46H55ClN10O11. The van der Waals surface area contributed by atoms with Gasteiger partial charge in [-0.1, -0.05) is 29.8 Å². The first-order valence-electron chi connectivity index (χ1n) is 22.0. The summed E-state index contributed by atoms with van der Waals surface area (Å²) in [5.41, 5.74) is 4.51. The zero-order valence-electron chi connectivity index (χ0n) is 37.5. The molecular weight excluding hydrogens is 904 g/mol. The third-order valence-electron chi connectivity index (χ3n) is 11.0. The van der Waals surface area contributed by atoms with Gasteiger partial charge in [0.15, 0.2) is 5.82 Å². The topological polar surface area (TPSA) is 255 Å². The Morgan fingerprint density at radius 1 is 0.853 bits per heavy atom. The Morgan fingerprint density at radius 3 is 2.21 bits per heavy atom. The number of aromatic nitrogens is 2. The predicted molar refractivity (Wildman–Crippen MR) is 252 cm³/mol. The molecule has 0 radical (unpaired) electrons. The number of carboxylic acid groups (broad SMARTS) is 1. The molecule has 1 unspecified atom stereocenters. The summed E-state index contributed by atoms with van der Waals surface area (Å²) in [4.78, 5) is 85.3. The first-order valence-corrected chi connectivity index (χ1v) is 22.4. The number of amides is 5. The fourth-order valence-corrected chi connectivity index (χ4v) is 7.73. The molecule has 0 spiro atoms. The van der Waals surface area contributed by atoms with Gasteiger partial charge in [-0.2, -0.15) is 4.98 Å². The van der Waals surface area contributed by atoms with Gasteiger partial charge in [0.2, 0.25) is 23.7 Å². The predicted octanol–water partition coefficient (Wildman–Crippen LogP) is 3.27. The maximum absolute atomic E-state index is 13.0. The number of fused-ring (bicyclic) bond motifs is 1. The maximum atomic E-state index is 13.0. The highest BCUT2D eigenvalue weighted by Crippen LogP contribution is 2.33. The Hall–Kier alpha value is -6.75. The lowest BCUT2D eigenvalue weighted by Crippen LogP contribution is -2.52. The number of piperazine rings is 1. The fourth-order valence-electron chi connectivity index (χ4n) is 7.59. The number of rotatable bonds is 22. The first kappa shape index (κ1) is 50.7. The minimum Gasteiger partial charge on any atom is -0.483 e. The van der Waals surface area contributed by atoms with Crippen molar-refractivity contribution in [2.75, 3.05) is 113 Å². The van der Waals surface area contributed by atoms with Crippen molar-refractivity contribution in [2.45, 2.75) is 25.4 Å². The van der Waals surface area contributed by atoms with Crippen LogP contribution in [0, 0.1) is 0 Å². The van der Waals surface area contributed by atoms with Crippen molar-refractivity contribution in [3.63, 3.8) is 0 Å². The van der Waals surface area contributed by atoms with Gasteiger partial charge in [0, 0.05) is 80.9 Å². The van der Waals surface area contributed by atoms with E-state index in [1.165, 1.54) is 11.1 Å². The second-order valence-corrected chi connectivity index (χ2v) is 15.8. The van der Waals surface area contributed by atoms with Gasteiger partial charge in [-0.3, -0.25) is 39.0 Å². The van der Waals surface area contributed by atoms with Gasteiger partial charge in [-0.15, -0.1) is 0 Å². The Balaban J connectivity index is 0.00000247. The van der Waals surface area contributed by atoms with E-state index in [2.05, 4.69) is 58.5 Å². The van der Waals surface area contributed by atoms with Crippen LogP contribution in [0.15, 0.2) is 72.9 Å². The van der Waals surface area contributed by atoms with Crippen LogP contribution < -0.4 is 31.5 Å². The lowest BCUT2D eigenvalue weighted by atomic mass is 10.0. The minimum absolute atomic E-state index is 0.156. The molecule has 7 rings (SSSR count). The number of piperidine rings is 1. The Kier molecular flexibility index (Phi) is 19.3. The van der Waals surface area contributed by atoms with E-state index in [4.69, 9.17) is 40.4 Å². The summed E-state index contributed by atoms with van der Waals surface area (Å²) >= 11 is 6.39. The van der Waals surface area contributed by atoms with Crippen molar-refractivity contribution in [1.29, 1.82) is 0 Å². The third kappa shape index (κ3) is 14.4. The Labute approximate surface area is 397 Å². The molecule has 1 aromatic heterocycles. The van der Waals surface area contributed by atoms with Crippen molar-refractivity contribution >= 4 is 82.1 Å². The monoisotopic (exact) mass is 958 g/mol. The summed E-state index contributed by atoms with van der Waals surface area (Å²) in [6, 6.07) is 19.5. The highest BCUT2D eigenvalue weighted by atomic mass is 35.5. The number of hydrogen-bond donors (Lipinski definition) is 6. The van der Waals surface area contributed by atoms with Crippen molar-refractivity contribution < 1.29 is 52.8 Å². The van der Waals surface area contributed by atoms with Crippen molar-refractivity contribution in [3.05, 3.63) is 94.6 Å². The van der Waals surface area contributed by atoms with Crippen molar-refractivity contribution in [1.82, 2.24) is 30.4 Å². The molecule has 0 aliphatic carbocycles. The number of anilines is 6. The molecule has 68 heavy (non-hydrogen) atoms. The fraction of sp³-hybridized carbons (Fsp3) is 0.391. The lowest BCUT2D eigenvalue weighted by molar-refractivity contribution is -0.137. The van der Waals surface area contributed by atoms with E-state index < -0.39 is 11.9 Å². The zero-order valence-corrected chi connectivity index (χ0v) is 38.3. The summed E-state index contributed by atoms with van der Waals surface area (Å²) in [5.74, 6) is -1.02. The van der Waals surface area contributed by atoms with E-state index in [9.17, 15) is 24.0 Å². The van der Waals surface area contributed by atoms with Crippen molar-refractivity contribution in [2.24, 2.45) is 0 Å². The molecule has 6 N–H and O–H groups in total. The van der Waals surface area contributed by atoms with E-state index in [1.54, 1.807) is 43.4 Å². The Bertz CT molecular complexity index is 2370. The van der Waals surface area contributed by atoms with E-state index in [-0.39, 0.29) is 69.3 Å². The Morgan fingerprint density at radius 2 is 1.51 bits per heavy atom. The zero-order chi connectivity index (χ0) is 48.3. The van der Waals surface area contributed by atoms with Crippen LogP contribution in [0.4, 0.5) is 34.5 Å². The van der Waals surface area contributed by atoms with Gasteiger partial charge in [-0.05, 0) is 55.0 Å². The van der Waals surface area contributed by atoms with Gasteiger partial charge >= 0.3 is 0 Å². The number of hydrogen-bond acceptors (Lipinski definition) is 16. The van der Waals surface area contributed by atoms with Gasteiger partial charge in [0.05, 0.1) is 63.7 Å². The van der Waals surface area contributed by atoms with Gasteiger partial charge < -0.3 is 55.1 Å². The quantitative estimate of drug-likeness (QED) is 0.0376. The summed E-state index contributed by atoms with van der Waals surface area (Å²) in [6.07, 6.45) is 1.94. The van der Waals surface area contributed by atoms with Crippen molar-refractivity contribution in [3.8, 4) is 0 Å². The molecule has 3 aliphatic heterocycles. The van der Waals surface area contributed by atoms with Crippen LogP contribution in [-0.2, 0) is 44.7 Å².